The minimum Gasteiger partial charge on any atom is -0.347 e. The van der Waals surface area contributed by atoms with Crippen LogP contribution >= 0.6 is 23.2 Å². The first-order valence-corrected chi connectivity index (χ1v) is 7.59. The first-order valence-electron chi connectivity index (χ1n) is 6.83. The molecule has 0 bridgehead atoms. The Balaban J connectivity index is 2.17. The zero-order valence-electron chi connectivity index (χ0n) is 12.9. The molecule has 0 aliphatic rings. The third-order valence-electron chi connectivity index (χ3n) is 3.15. The predicted octanol–water partition coefficient (Wildman–Crippen LogP) is 1.36. The van der Waals surface area contributed by atoms with Gasteiger partial charge in [0.1, 0.15) is 5.02 Å². The van der Waals surface area contributed by atoms with Crippen LogP contribution in [0.1, 0.15) is 10.4 Å². The molecule has 9 heteroatoms. The minimum absolute atomic E-state index is 0.0690. The van der Waals surface area contributed by atoms with Crippen LogP contribution in [0.4, 0.5) is 0 Å². The molecule has 0 fully saturated rings. The minimum atomic E-state index is -0.557. The monoisotopic (exact) mass is 368 g/mol. The fraction of sp³-hybridized carbons (Fsp3) is 0.200. The van der Waals surface area contributed by atoms with E-state index < -0.39 is 11.5 Å². The number of nitrogens with one attached hydrogen (secondary N) is 1. The van der Waals surface area contributed by atoms with E-state index in [9.17, 15) is 14.4 Å². The van der Waals surface area contributed by atoms with Crippen LogP contribution in [-0.4, -0.2) is 47.1 Å². The number of likely N-dealkylation sites (N-methyl/N-ethyl adjacent to an activating group) is 1. The van der Waals surface area contributed by atoms with Gasteiger partial charge in [0, 0.05) is 19.7 Å². The number of hydrogen-bond acceptors (Lipinski definition) is 4. The summed E-state index contributed by atoms with van der Waals surface area (Å²) in [5, 5.41) is 6.35. The summed E-state index contributed by atoms with van der Waals surface area (Å²) in [7, 11) is 3.20. The lowest BCUT2D eigenvalue weighted by molar-refractivity contribution is -0.127. The van der Waals surface area contributed by atoms with Gasteiger partial charge < -0.3 is 10.2 Å². The first kappa shape index (κ1) is 18.0. The molecular formula is C15H14Cl2N4O3. The lowest BCUT2D eigenvalue weighted by Gasteiger charge is -2.11. The van der Waals surface area contributed by atoms with E-state index in [-0.39, 0.29) is 22.5 Å². The summed E-state index contributed by atoms with van der Waals surface area (Å²) in [6.45, 7) is -0.0958. The number of carbonyl (C=O) groups excluding carboxylic acids is 2. The van der Waals surface area contributed by atoms with Crippen molar-refractivity contribution in [2.75, 3.05) is 20.6 Å². The quantitative estimate of drug-likeness (QED) is 0.882. The highest BCUT2D eigenvalue weighted by Gasteiger charge is 2.12. The molecule has 0 aliphatic carbocycles. The van der Waals surface area contributed by atoms with E-state index in [0.29, 0.717) is 11.3 Å². The van der Waals surface area contributed by atoms with Gasteiger partial charge in [0.2, 0.25) is 5.91 Å². The van der Waals surface area contributed by atoms with Gasteiger partial charge in [-0.3, -0.25) is 14.4 Å². The molecule has 1 aromatic heterocycles. The highest BCUT2D eigenvalue weighted by atomic mass is 35.5. The number of aromatic nitrogens is 2. The molecule has 1 heterocycles. The third-order valence-corrected chi connectivity index (χ3v) is 3.90. The Morgan fingerprint density at radius 2 is 1.83 bits per heavy atom. The fourth-order valence-corrected chi connectivity index (χ4v) is 2.02. The maximum atomic E-state index is 12.0. The van der Waals surface area contributed by atoms with Gasteiger partial charge in [0.25, 0.3) is 11.5 Å². The Hall–Kier alpha value is -2.38. The summed E-state index contributed by atoms with van der Waals surface area (Å²) in [5.74, 6) is -0.613. The second kappa shape index (κ2) is 7.46. The first-order chi connectivity index (χ1) is 11.3. The molecule has 0 aliphatic heterocycles. The molecule has 1 aromatic carbocycles. The zero-order chi connectivity index (χ0) is 17.9. The SMILES string of the molecule is CN(C)C(=O)CNC(=O)c1ccc(-n2ncc(Cl)c(Cl)c2=O)cc1. The van der Waals surface area contributed by atoms with Gasteiger partial charge in [-0.2, -0.15) is 9.78 Å². The summed E-state index contributed by atoms with van der Waals surface area (Å²) >= 11 is 11.5. The molecule has 1 N–H and O–H groups in total. The van der Waals surface area contributed by atoms with E-state index in [0.717, 1.165) is 4.68 Å². The van der Waals surface area contributed by atoms with Crippen LogP contribution < -0.4 is 10.9 Å². The molecule has 0 unspecified atom stereocenters. The summed E-state index contributed by atoms with van der Waals surface area (Å²) in [5.41, 5.74) is 0.218. The molecular weight excluding hydrogens is 355 g/mol. The van der Waals surface area contributed by atoms with Gasteiger partial charge in [0.05, 0.1) is 23.5 Å². The van der Waals surface area contributed by atoms with Gasteiger partial charge in [-0.15, -0.1) is 0 Å². The summed E-state index contributed by atoms with van der Waals surface area (Å²) in [4.78, 5) is 36.8. The number of amides is 2. The third kappa shape index (κ3) is 3.93. The molecule has 2 aromatic rings. The zero-order valence-corrected chi connectivity index (χ0v) is 14.4. The molecule has 0 saturated carbocycles. The van der Waals surface area contributed by atoms with Crippen LogP contribution in [0.25, 0.3) is 5.69 Å². The van der Waals surface area contributed by atoms with E-state index in [1.54, 1.807) is 26.2 Å². The average Bonchev–Trinajstić information content (AvgIpc) is 2.57. The molecule has 0 radical (unpaired) electrons. The van der Waals surface area contributed by atoms with Crippen LogP contribution in [0.5, 0.6) is 0 Å². The second-order valence-corrected chi connectivity index (χ2v) is 5.83. The number of hydrogen-bond donors (Lipinski definition) is 1. The lowest BCUT2D eigenvalue weighted by atomic mass is 10.2. The van der Waals surface area contributed by atoms with Gasteiger partial charge >= 0.3 is 0 Å². The Labute approximate surface area is 147 Å². The van der Waals surface area contributed by atoms with Gasteiger partial charge in [0.15, 0.2) is 0 Å². The van der Waals surface area contributed by atoms with Gasteiger partial charge in [-0.25, -0.2) is 0 Å². The molecule has 0 atom stereocenters. The number of carbonyl (C=O) groups is 2. The van der Waals surface area contributed by atoms with Crippen molar-refractivity contribution in [1.82, 2.24) is 20.0 Å². The summed E-state index contributed by atoms with van der Waals surface area (Å²) in [6.07, 6.45) is 1.26. The van der Waals surface area contributed by atoms with Crippen molar-refractivity contribution in [3.8, 4) is 5.69 Å². The highest BCUT2D eigenvalue weighted by Crippen LogP contribution is 2.16. The molecule has 2 amide bonds. The van der Waals surface area contributed by atoms with E-state index in [1.165, 1.54) is 23.2 Å². The number of halogens is 2. The maximum absolute atomic E-state index is 12.0. The Morgan fingerprint density at radius 1 is 1.21 bits per heavy atom. The lowest BCUT2D eigenvalue weighted by Crippen LogP contribution is -2.36. The Kier molecular flexibility index (Phi) is 5.58. The van der Waals surface area contributed by atoms with E-state index in [1.807, 2.05) is 0 Å². The molecule has 0 spiro atoms. The van der Waals surface area contributed by atoms with E-state index in [2.05, 4.69) is 10.4 Å². The van der Waals surface area contributed by atoms with Crippen molar-refractivity contribution < 1.29 is 9.59 Å². The van der Waals surface area contributed by atoms with Crippen LogP contribution in [-0.2, 0) is 4.79 Å². The number of benzene rings is 1. The normalized spacial score (nSPS) is 10.3. The van der Waals surface area contributed by atoms with Crippen LogP contribution in [0.15, 0.2) is 35.3 Å². The number of nitrogens with zero attached hydrogens (tertiary/aromatic N) is 3. The molecule has 2 rings (SSSR count). The van der Waals surface area contributed by atoms with Crippen LogP contribution in [0.3, 0.4) is 0 Å². The van der Waals surface area contributed by atoms with Gasteiger partial charge in [-0.05, 0) is 24.3 Å². The van der Waals surface area contributed by atoms with Crippen molar-refractivity contribution in [2.24, 2.45) is 0 Å². The van der Waals surface area contributed by atoms with Crippen molar-refractivity contribution in [3.63, 3.8) is 0 Å². The van der Waals surface area contributed by atoms with E-state index >= 15 is 0 Å². The fourth-order valence-electron chi connectivity index (χ4n) is 1.77. The largest absolute Gasteiger partial charge is 0.347 e. The molecule has 126 valence electrons. The van der Waals surface area contributed by atoms with Crippen molar-refractivity contribution in [2.45, 2.75) is 0 Å². The topological polar surface area (TPSA) is 84.3 Å². The number of rotatable bonds is 4. The van der Waals surface area contributed by atoms with Gasteiger partial charge in [-0.1, -0.05) is 23.2 Å². The van der Waals surface area contributed by atoms with Crippen molar-refractivity contribution >= 4 is 35.0 Å². The van der Waals surface area contributed by atoms with Crippen molar-refractivity contribution in [3.05, 3.63) is 56.4 Å². The van der Waals surface area contributed by atoms with Crippen LogP contribution in [0, 0.1) is 0 Å². The van der Waals surface area contributed by atoms with Crippen LogP contribution in [0.2, 0.25) is 10.0 Å². The molecule has 0 saturated heterocycles. The second-order valence-electron chi connectivity index (χ2n) is 5.04. The van der Waals surface area contributed by atoms with Crippen molar-refractivity contribution in [1.29, 1.82) is 0 Å². The summed E-state index contributed by atoms with van der Waals surface area (Å²) < 4.78 is 1.07. The Morgan fingerprint density at radius 3 is 2.42 bits per heavy atom. The maximum Gasteiger partial charge on any atom is 0.291 e. The highest BCUT2D eigenvalue weighted by molar-refractivity contribution is 6.41. The standard InChI is InChI=1S/C15H14Cl2N4O3/c1-20(2)12(22)8-18-14(23)9-3-5-10(6-4-9)21-15(24)13(17)11(16)7-19-21/h3-7H,8H2,1-2H3,(H,18,23). The smallest absolute Gasteiger partial charge is 0.291 e. The molecule has 7 nitrogen and oxygen atoms in total. The average molecular weight is 369 g/mol. The summed E-state index contributed by atoms with van der Waals surface area (Å²) in [6, 6.07) is 6.12. The van der Waals surface area contributed by atoms with E-state index in [4.69, 9.17) is 23.2 Å². The molecule has 24 heavy (non-hydrogen) atoms. The Bertz CT molecular complexity index is 832. The predicted molar refractivity (Wildman–Crippen MR) is 90.9 cm³/mol.